The van der Waals surface area contributed by atoms with Gasteiger partial charge >= 0.3 is 0 Å². The summed E-state index contributed by atoms with van der Waals surface area (Å²) in [5, 5.41) is 4.25. The third kappa shape index (κ3) is 2.90. The second-order valence-electron chi connectivity index (χ2n) is 4.68. The van der Waals surface area contributed by atoms with E-state index in [1.54, 1.807) is 0 Å². The number of nitrogens with one attached hydrogen (secondary N) is 2. The Balaban J connectivity index is 1.92. The van der Waals surface area contributed by atoms with Crippen molar-refractivity contribution in [3.8, 4) is 0 Å². The maximum absolute atomic E-state index is 5.42. The van der Waals surface area contributed by atoms with E-state index in [0.29, 0.717) is 12.5 Å². The Labute approximate surface area is 122 Å². The lowest BCUT2D eigenvalue weighted by molar-refractivity contribution is 1.00. The molecule has 106 valence electrons. The van der Waals surface area contributed by atoms with Gasteiger partial charge in [-0.15, -0.1) is 0 Å². The second-order valence-corrected chi connectivity index (χ2v) is 4.68. The summed E-state index contributed by atoms with van der Waals surface area (Å²) in [5.41, 5.74) is 5.27. The molecule has 0 atom stereocenters. The largest absolute Gasteiger partial charge is 0.364 e. The zero-order chi connectivity index (χ0) is 14.7. The van der Waals surface area contributed by atoms with Gasteiger partial charge in [-0.3, -0.25) is 10.4 Å². The molecule has 6 nitrogen and oxygen atoms in total. The molecule has 0 saturated carbocycles. The Morgan fingerprint density at radius 2 is 1.86 bits per heavy atom. The van der Waals surface area contributed by atoms with Crippen LogP contribution in [0.1, 0.15) is 11.4 Å². The van der Waals surface area contributed by atoms with Crippen LogP contribution in [0.2, 0.25) is 0 Å². The number of hydrogen-bond acceptors (Lipinski definition) is 6. The number of hydrogen-bond donors (Lipinski definition) is 3. The molecule has 2 heterocycles. The molecule has 0 fully saturated rings. The number of hydrazine groups is 1. The van der Waals surface area contributed by atoms with Crippen LogP contribution in [0.5, 0.6) is 0 Å². The first kappa shape index (κ1) is 13.3. The molecule has 4 N–H and O–H groups in total. The number of rotatable bonds is 4. The van der Waals surface area contributed by atoms with Crippen molar-refractivity contribution < 1.29 is 0 Å². The van der Waals surface area contributed by atoms with Gasteiger partial charge < -0.3 is 5.32 Å². The van der Waals surface area contributed by atoms with E-state index in [1.807, 2.05) is 49.4 Å². The molecule has 3 rings (SSSR count). The molecule has 0 aliphatic carbocycles. The van der Waals surface area contributed by atoms with Crippen molar-refractivity contribution in [3.05, 3.63) is 53.9 Å². The zero-order valence-corrected chi connectivity index (χ0v) is 11.7. The monoisotopic (exact) mass is 280 g/mol. The summed E-state index contributed by atoms with van der Waals surface area (Å²) in [5.74, 6) is 6.54. The maximum atomic E-state index is 5.42. The van der Waals surface area contributed by atoms with E-state index in [1.165, 1.54) is 0 Å². The van der Waals surface area contributed by atoms with Gasteiger partial charge in [-0.05, 0) is 31.2 Å². The van der Waals surface area contributed by atoms with Crippen molar-refractivity contribution >= 4 is 22.7 Å². The van der Waals surface area contributed by atoms with Crippen molar-refractivity contribution in [1.29, 1.82) is 0 Å². The number of para-hydroxylation sites is 1. The highest BCUT2D eigenvalue weighted by molar-refractivity contribution is 5.89. The van der Waals surface area contributed by atoms with Gasteiger partial charge in [0.05, 0.1) is 17.8 Å². The first-order chi connectivity index (χ1) is 10.3. The third-order valence-corrected chi connectivity index (χ3v) is 3.12. The predicted octanol–water partition coefficient (Wildman–Crippen LogP) is 2.23. The van der Waals surface area contributed by atoms with Gasteiger partial charge in [-0.25, -0.2) is 10.8 Å². The Morgan fingerprint density at radius 3 is 2.67 bits per heavy atom. The zero-order valence-electron chi connectivity index (χ0n) is 11.7. The van der Waals surface area contributed by atoms with Crippen LogP contribution in [-0.4, -0.2) is 15.0 Å². The molecule has 6 heteroatoms. The topological polar surface area (TPSA) is 88.8 Å². The van der Waals surface area contributed by atoms with Gasteiger partial charge in [0.2, 0.25) is 5.95 Å². The molecule has 2 aromatic heterocycles. The molecule has 0 aliphatic rings. The normalized spacial score (nSPS) is 10.6. The quantitative estimate of drug-likeness (QED) is 0.501. The number of nitrogens with zero attached hydrogens (tertiary/aromatic N) is 3. The van der Waals surface area contributed by atoms with Crippen LogP contribution in [0.15, 0.2) is 42.5 Å². The minimum atomic E-state index is 0.383. The Kier molecular flexibility index (Phi) is 3.61. The predicted molar refractivity (Wildman–Crippen MR) is 83.6 cm³/mol. The fourth-order valence-electron chi connectivity index (χ4n) is 2.15. The van der Waals surface area contributed by atoms with E-state index >= 15 is 0 Å². The molecule has 0 saturated heterocycles. The summed E-state index contributed by atoms with van der Waals surface area (Å²) in [7, 11) is 0. The van der Waals surface area contributed by atoms with Crippen LogP contribution < -0.4 is 16.6 Å². The summed E-state index contributed by atoms with van der Waals surface area (Å²) >= 11 is 0. The van der Waals surface area contributed by atoms with E-state index in [2.05, 4.69) is 25.7 Å². The number of nitrogen functional groups attached to an aromatic ring is 1. The molecule has 0 spiro atoms. The summed E-state index contributed by atoms with van der Waals surface area (Å²) in [6.07, 6.45) is 0. The highest BCUT2D eigenvalue weighted by Crippen LogP contribution is 2.21. The van der Waals surface area contributed by atoms with Gasteiger partial charge in [0.25, 0.3) is 0 Å². The van der Waals surface area contributed by atoms with E-state index in [4.69, 9.17) is 5.84 Å². The summed E-state index contributed by atoms with van der Waals surface area (Å²) in [6, 6.07) is 13.7. The van der Waals surface area contributed by atoms with Crippen molar-refractivity contribution in [3.63, 3.8) is 0 Å². The number of aryl methyl sites for hydroxylation is 1. The second kappa shape index (κ2) is 5.72. The Hall–Kier alpha value is -2.73. The molecule has 3 aromatic rings. The molecule has 0 amide bonds. The molecule has 0 unspecified atom stereocenters. The van der Waals surface area contributed by atoms with Crippen LogP contribution in [0, 0.1) is 6.92 Å². The van der Waals surface area contributed by atoms with Gasteiger partial charge in [-0.1, -0.05) is 18.2 Å². The molecule has 21 heavy (non-hydrogen) atoms. The van der Waals surface area contributed by atoms with Crippen LogP contribution in [0.3, 0.4) is 0 Å². The van der Waals surface area contributed by atoms with Crippen molar-refractivity contribution in [2.24, 2.45) is 5.84 Å². The number of fused-ring (bicyclic) bond motifs is 1. The van der Waals surface area contributed by atoms with Crippen LogP contribution >= 0.6 is 0 Å². The fourth-order valence-corrected chi connectivity index (χ4v) is 2.15. The minimum absolute atomic E-state index is 0.383. The summed E-state index contributed by atoms with van der Waals surface area (Å²) in [6.45, 7) is 2.56. The van der Waals surface area contributed by atoms with Gasteiger partial charge in [0, 0.05) is 11.1 Å². The van der Waals surface area contributed by atoms with Crippen LogP contribution in [-0.2, 0) is 6.54 Å². The number of benzene rings is 1. The van der Waals surface area contributed by atoms with Gasteiger partial charge in [-0.2, -0.15) is 4.98 Å². The average Bonchev–Trinajstić information content (AvgIpc) is 2.52. The van der Waals surface area contributed by atoms with E-state index in [9.17, 15) is 0 Å². The van der Waals surface area contributed by atoms with Crippen LogP contribution in [0.4, 0.5) is 11.8 Å². The smallest absolute Gasteiger partial charge is 0.239 e. The SMILES string of the molecule is Cc1cccc(CNc2nc(NN)nc3ccccc23)n1. The van der Waals surface area contributed by atoms with Gasteiger partial charge in [0.15, 0.2) is 0 Å². The first-order valence-corrected chi connectivity index (χ1v) is 6.66. The molecule has 0 bridgehead atoms. The van der Waals surface area contributed by atoms with Crippen molar-refractivity contribution in [2.45, 2.75) is 13.5 Å². The van der Waals surface area contributed by atoms with Crippen LogP contribution in [0.25, 0.3) is 10.9 Å². The molecular weight excluding hydrogens is 264 g/mol. The summed E-state index contributed by atoms with van der Waals surface area (Å²) < 4.78 is 0. The molecular formula is C15H16N6. The van der Waals surface area contributed by atoms with Crippen molar-refractivity contribution in [1.82, 2.24) is 15.0 Å². The average molecular weight is 280 g/mol. The highest BCUT2D eigenvalue weighted by Gasteiger charge is 2.06. The summed E-state index contributed by atoms with van der Waals surface area (Å²) in [4.78, 5) is 13.2. The fraction of sp³-hybridized carbons (Fsp3) is 0.133. The number of anilines is 2. The first-order valence-electron chi connectivity index (χ1n) is 6.66. The van der Waals surface area contributed by atoms with Crippen molar-refractivity contribution in [2.75, 3.05) is 10.7 Å². The Morgan fingerprint density at radius 1 is 1.00 bits per heavy atom. The molecule has 0 aliphatic heterocycles. The Bertz CT molecular complexity index is 771. The number of aromatic nitrogens is 3. The molecule has 1 aromatic carbocycles. The lowest BCUT2D eigenvalue weighted by atomic mass is 10.2. The highest BCUT2D eigenvalue weighted by atomic mass is 15.3. The molecule has 0 radical (unpaired) electrons. The van der Waals surface area contributed by atoms with E-state index < -0.39 is 0 Å². The van der Waals surface area contributed by atoms with Gasteiger partial charge in [0.1, 0.15) is 5.82 Å². The lowest BCUT2D eigenvalue weighted by Crippen LogP contribution is -2.12. The minimum Gasteiger partial charge on any atom is -0.364 e. The van der Waals surface area contributed by atoms with E-state index in [-0.39, 0.29) is 0 Å². The maximum Gasteiger partial charge on any atom is 0.239 e. The standard InChI is InChI=1S/C15H16N6/c1-10-5-4-6-11(18-10)9-17-14-12-7-2-3-8-13(12)19-15(20-14)21-16/h2-8H,9,16H2,1H3,(H2,17,19,20,21). The number of nitrogens with two attached hydrogens (primary N) is 1. The third-order valence-electron chi connectivity index (χ3n) is 3.12. The number of pyridine rings is 1. The van der Waals surface area contributed by atoms with E-state index in [0.717, 1.165) is 28.1 Å². The lowest BCUT2D eigenvalue weighted by Gasteiger charge is -2.10.